The number of aliphatic hydroxyl groups is 1. The molecule has 0 saturated carbocycles. The van der Waals surface area contributed by atoms with Crippen LogP contribution in [0.25, 0.3) is 11.1 Å². The summed E-state index contributed by atoms with van der Waals surface area (Å²) in [6.07, 6.45) is 0. The minimum Gasteiger partial charge on any atom is -0.456 e. The number of hydrogen-bond acceptors (Lipinski definition) is 2. The van der Waals surface area contributed by atoms with Crippen molar-refractivity contribution in [2.45, 2.75) is 6.61 Å². The number of ether oxygens (including phenoxy) is 1. The summed E-state index contributed by atoms with van der Waals surface area (Å²) >= 11 is 0. The molecule has 0 radical (unpaired) electrons. The molecule has 0 atom stereocenters. The Balaban J connectivity index is 2.00. The first-order valence-corrected chi connectivity index (χ1v) is 6.89. The van der Waals surface area contributed by atoms with E-state index in [0.717, 1.165) is 22.4 Å². The summed E-state index contributed by atoms with van der Waals surface area (Å²) < 4.78 is 6.03. The third kappa shape index (κ3) is 2.96. The number of aliphatic hydroxyl groups excluding tert-OH is 1. The molecule has 0 heterocycles. The van der Waals surface area contributed by atoms with E-state index in [1.165, 1.54) is 0 Å². The van der Waals surface area contributed by atoms with Crippen molar-refractivity contribution in [3.8, 4) is 22.6 Å². The molecule has 0 spiro atoms. The lowest BCUT2D eigenvalue weighted by Gasteiger charge is -2.13. The van der Waals surface area contributed by atoms with Gasteiger partial charge in [-0.2, -0.15) is 0 Å². The molecule has 21 heavy (non-hydrogen) atoms. The monoisotopic (exact) mass is 276 g/mol. The molecule has 3 rings (SSSR count). The van der Waals surface area contributed by atoms with Gasteiger partial charge in [0.1, 0.15) is 11.5 Å². The summed E-state index contributed by atoms with van der Waals surface area (Å²) in [5.74, 6) is 1.47. The van der Waals surface area contributed by atoms with Crippen LogP contribution in [0.4, 0.5) is 0 Å². The summed E-state index contributed by atoms with van der Waals surface area (Å²) in [5.41, 5.74) is 2.92. The molecule has 2 heteroatoms. The first-order valence-electron chi connectivity index (χ1n) is 6.89. The number of benzene rings is 3. The molecular formula is C19H16O2. The minimum absolute atomic E-state index is 0.0380. The molecule has 0 aliphatic rings. The van der Waals surface area contributed by atoms with Gasteiger partial charge in [0.2, 0.25) is 0 Å². The van der Waals surface area contributed by atoms with Crippen LogP contribution in [0.15, 0.2) is 78.9 Å². The van der Waals surface area contributed by atoms with E-state index < -0.39 is 0 Å². The lowest BCUT2D eigenvalue weighted by atomic mass is 10.0. The van der Waals surface area contributed by atoms with Gasteiger partial charge < -0.3 is 9.84 Å². The summed E-state index contributed by atoms with van der Waals surface area (Å²) in [4.78, 5) is 0. The minimum atomic E-state index is -0.0380. The molecule has 0 fully saturated rings. The standard InChI is InChI=1S/C19H16O2/c20-14-16-10-4-6-12-18(16)21-19-13-7-5-11-17(19)15-8-2-1-3-9-15/h1-13,20H,14H2. The summed E-state index contributed by atoms with van der Waals surface area (Å²) in [5, 5.41) is 9.40. The van der Waals surface area contributed by atoms with Gasteiger partial charge in [-0.1, -0.05) is 66.7 Å². The van der Waals surface area contributed by atoms with E-state index in [0.29, 0.717) is 5.75 Å². The maximum Gasteiger partial charge on any atom is 0.135 e. The van der Waals surface area contributed by atoms with Crippen molar-refractivity contribution in [2.75, 3.05) is 0 Å². The number of rotatable bonds is 4. The smallest absolute Gasteiger partial charge is 0.135 e. The molecule has 2 nitrogen and oxygen atoms in total. The van der Waals surface area contributed by atoms with Crippen LogP contribution in [-0.4, -0.2) is 5.11 Å². The molecule has 0 aliphatic carbocycles. The molecule has 0 bridgehead atoms. The topological polar surface area (TPSA) is 29.5 Å². The Morgan fingerprint density at radius 2 is 1.29 bits per heavy atom. The Morgan fingerprint density at radius 1 is 0.667 bits per heavy atom. The van der Waals surface area contributed by atoms with Gasteiger partial charge in [-0.25, -0.2) is 0 Å². The van der Waals surface area contributed by atoms with Gasteiger partial charge in [-0.15, -0.1) is 0 Å². The van der Waals surface area contributed by atoms with Gasteiger partial charge in [0.25, 0.3) is 0 Å². The quantitative estimate of drug-likeness (QED) is 0.752. The largest absolute Gasteiger partial charge is 0.456 e. The van der Waals surface area contributed by atoms with Gasteiger partial charge >= 0.3 is 0 Å². The number of para-hydroxylation sites is 2. The lowest BCUT2D eigenvalue weighted by Crippen LogP contribution is -1.93. The predicted molar refractivity (Wildman–Crippen MR) is 84.3 cm³/mol. The fourth-order valence-electron chi connectivity index (χ4n) is 2.26. The Kier molecular flexibility index (Phi) is 3.99. The first-order chi connectivity index (χ1) is 10.4. The highest BCUT2D eigenvalue weighted by atomic mass is 16.5. The van der Waals surface area contributed by atoms with E-state index in [2.05, 4.69) is 12.1 Å². The summed E-state index contributed by atoms with van der Waals surface area (Å²) in [6, 6.07) is 25.6. The predicted octanol–water partition coefficient (Wildman–Crippen LogP) is 4.64. The van der Waals surface area contributed by atoms with Gasteiger partial charge in [0.15, 0.2) is 0 Å². The fourth-order valence-corrected chi connectivity index (χ4v) is 2.26. The van der Waals surface area contributed by atoms with Crippen LogP contribution in [0.5, 0.6) is 11.5 Å². The van der Waals surface area contributed by atoms with E-state index in [4.69, 9.17) is 4.74 Å². The van der Waals surface area contributed by atoms with Crippen LogP contribution in [0.3, 0.4) is 0 Å². The normalized spacial score (nSPS) is 10.3. The Bertz CT molecular complexity index is 720. The van der Waals surface area contributed by atoms with Crippen molar-refractivity contribution in [1.82, 2.24) is 0 Å². The maximum absolute atomic E-state index is 9.40. The maximum atomic E-state index is 9.40. The average molecular weight is 276 g/mol. The zero-order valence-corrected chi connectivity index (χ0v) is 11.6. The van der Waals surface area contributed by atoms with E-state index in [9.17, 15) is 5.11 Å². The second kappa shape index (κ2) is 6.25. The average Bonchev–Trinajstić information content (AvgIpc) is 2.57. The van der Waals surface area contributed by atoms with Crippen LogP contribution >= 0.6 is 0 Å². The van der Waals surface area contributed by atoms with Gasteiger partial charge in [-0.05, 0) is 17.7 Å². The Labute approximate surface area is 124 Å². The van der Waals surface area contributed by atoms with Crippen LogP contribution in [0, 0.1) is 0 Å². The number of hydrogen-bond donors (Lipinski definition) is 1. The molecule has 3 aromatic carbocycles. The molecule has 104 valence electrons. The molecule has 0 amide bonds. The summed E-state index contributed by atoms with van der Waals surface area (Å²) in [6.45, 7) is -0.0380. The second-order valence-electron chi connectivity index (χ2n) is 4.73. The van der Waals surface area contributed by atoms with Crippen molar-refractivity contribution < 1.29 is 9.84 Å². The fraction of sp³-hybridized carbons (Fsp3) is 0.0526. The zero-order chi connectivity index (χ0) is 14.5. The lowest BCUT2D eigenvalue weighted by molar-refractivity contribution is 0.276. The van der Waals surface area contributed by atoms with Crippen molar-refractivity contribution in [1.29, 1.82) is 0 Å². The van der Waals surface area contributed by atoms with Crippen molar-refractivity contribution in [2.24, 2.45) is 0 Å². The van der Waals surface area contributed by atoms with Crippen LogP contribution in [0.1, 0.15) is 5.56 Å². The van der Waals surface area contributed by atoms with E-state index in [1.807, 2.05) is 66.7 Å². The van der Waals surface area contributed by atoms with Crippen LogP contribution in [-0.2, 0) is 6.61 Å². The molecular weight excluding hydrogens is 260 g/mol. The third-order valence-electron chi connectivity index (χ3n) is 3.33. The van der Waals surface area contributed by atoms with Crippen molar-refractivity contribution in [3.05, 3.63) is 84.4 Å². The van der Waals surface area contributed by atoms with Crippen molar-refractivity contribution >= 4 is 0 Å². The highest BCUT2D eigenvalue weighted by Crippen LogP contribution is 2.34. The van der Waals surface area contributed by atoms with E-state index >= 15 is 0 Å². The second-order valence-corrected chi connectivity index (χ2v) is 4.73. The van der Waals surface area contributed by atoms with E-state index in [-0.39, 0.29) is 6.61 Å². The van der Waals surface area contributed by atoms with Gasteiger partial charge in [0.05, 0.1) is 6.61 Å². The van der Waals surface area contributed by atoms with Crippen LogP contribution < -0.4 is 4.74 Å². The zero-order valence-electron chi connectivity index (χ0n) is 11.6. The summed E-state index contributed by atoms with van der Waals surface area (Å²) in [7, 11) is 0. The van der Waals surface area contributed by atoms with Gasteiger partial charge in [-0.3, -0.25) is 0 Å². The highest BCUT2D eigenvalue weighted by molar-refractivity contribution is 5.70. The molecule has 0 saturated heterocycles. The van der Waals surface area contributed by atoms with E-state index in [1.54, 1.807) is 0 Å². The molecule has 0 aromatic heterocycles. The Hall–Kier alpha value is -2.58. The molecule has 1 N–H and O–H groups in total. The van der Waals surface area contributed by atoms with Crippen LogP contribution in [0.2, 0.25) is 0 Å². The third-order valence-corrected chi connectivity index (χ3v) is 3.33. The van der Waals surface area contributed by atoms with Gasteiger partial charge in [0, 0.05) is 11.1 Å². The first kappa shape index (κ1) is 13.4. The Morgan fingerprint density at radius 3 is 2.05 bits per heavy atom. The highest BCUT2D eigenvalue weighted by Gasteiger charge is 2.08. The van der Waals surface area contributed by atoms with Crippen molar-refractivity contribution in [3.63, 3.8) is 0 Å². The SMILES string of the molecule is OCc1ccccc1Oc1ccccc1-c1ccccc1. The molecule has 0 unspecified atom stereocenters. The molecule has 3 aromatic rings. The molecule has 0 aliphatic heterocycles.